The van der Waals surface area contributed by atoms with E-state index in [-0.39, 0.29) is 11.3 Å². The minimum absolute atomic E-state index is 0.0780. The molecule has 1 N–H and O–H groups in total. The molecule has 0 saturated heterocycles. The molecule has 0 aliphatic carbocycles. The Kier molecular flexibility index (Phi) is 3.76. The summed E-state index contributed by atoms with van der Waals surface area (Å²) in [5.41, 5.74) is 0.0780. The van der Waals surface area contributed by atoms with Gasteiger partial charge in [-0.2, -0.15) is 13.2 Å². The van der Waals surface area contributed by atoms with Crippen molar-refractivity contribution in [2.75, 3.05) is 13.7 Å². The van der Waals surface area contributed by atoms with E-state index < -0.39 is 18.6 Å². The molecule has 3 nitrogen and oxygen atoms in total. The quantitative estimate of drug-likeness (QED) is 0.866. The summed E-state index contributed by atoms with van der Waals surface area (Å²) < 4.78 is 40.5. The van der Waals surface area contributed by atoms with Crippen LogP contribution in [-0.2, 0) is 0 Å². The van der Waals surface area contributed by atoms with Crippen molar-refractivity contribution in [2.24, 2.45) is 0 Å². The molecule has 0 heterocycles. The highest BCUT2D eigenvalue weighted by Crippen LogP contribution is 2.18. The van der Waals surface area contributed by atoms with E-state index in [4.69, 9.17) is 4.74 Å². The molecule has 0 atom stereocenters. The second-order valence-electron chi connectivity index (χ2n) is 3.00. The second-order valence-corrected chi connectivity index (χ2v) is 3.00. The molecule has 0 bridgehead atoms. The van der Waals surface area contributed by atoms with Crippen molar-refractivity contribution in [3.05, 3.63) is 29.8 Å². The van der Waals surface area contributed by atoms with Gasteiger partial charge in [0.15, 0.2) is 0 Å². The second kappa shape index (κ2) is 4.87. The molecule has 0 aliphatic rings. The maximum Gasteiger partial charge on any atom is 0.405 e. The minimum atomic E-state index is -4.42. The van der Waals surface area contributed by atoms with E-state index in [1.807, 2.05) is 0 Å². The zero-order valence-electron chi connectivity index (χ0n) is 8.47. The van der Waals surface area contributed by atoms with Crippen molar-refractivity contribution in [1.82, 2.24) is 5.32 Å². The summed E-state index contributed by atoms with van der Waals surface area (Å²) >= 11 is 0. The SMILES string of the molecule is COc1ccccc1C(=O)NCC(F)(F)F. The Morgan fingerprint density at radius 2 is 2.00 bits per heavy atom. The van der Waals surface area contributed by atoms with Crippen LogP contribution in [-0.4, -0.2) is 25.7 Å². The third-order valence-corrected chi connectivity index (χ3v) is 1.80. The van der Waals surface area contributed by atoms with Gasteiger partial charge in [0.2, 0.25) is 0 Å². The lowest BCUT2D eigenvalue weighted by Crippen LogP contribution is -2.33. The van der Waals surface area contributed by atoms with Crippen LogP contribution in [0.1, 0.15) is 10.4 Å². The molecule has 1 aromatic carbocycles. The number of methoxy groups -OCH3 is 1. The number of carbonyl (C=O) groups excluding carboxylic acids is 1. The largest absolute Gasteiger partial charge is 0.496 e. The number of hydrogen-bond donors (Lipinski definition) is 1. The number of rotatable bonds is 3. The van der Waals surface area contributed by atoms with Crippen LogP contribution in [0.3, 0.4) is 0 Å². The number of benzene rings is 1. The van der Waals surface area contributed by atoms with Crippen molar-refractivity contribution in [3.8, 4) is 5.75 Å². The maximum absolute atomic E-state index is 11.9. The molecule has 0 saturated carbocycles. The summed E-state index contributed by atoms with van der Waals surface area (Å²) in [6, 6.07) is 6.07. The molecule has 1 aromatic rings. The summed E-state index contributed by atoms with van der Waals surface area (Å²) in [7, 11) is 1.34. The van der Waals surface area contributed by atoms with E-state index in [2.05, 4.69) is 0 Å². The van der Waals surface area contributed by atoms with Gasteiger partial charge in [0, 0.05) is 0 Å². The van der Waals surface area contributed by atoms with E-state index in [0.717, 1.165) is 0 Å². The zero-order chi connectivity index (χ0) is 12.2. The fourth-order valence-corrected chi connectivity index (χ4v) is 1.11. The van der Waals surface area contributed by atoms with Crippen LogP contribution in [0.2, 0.25) is 0 Å². The van der Waals surface area contributed by atoms with Crippen LogP contribution in [0.25, 0.3) is 0 Å². The molecule has 1 rings (SSSR count). The van der Waals surface area contributed by atoms with Crippen molar-refractivity contribution >= 4 is 5.91 Å². The highest BCUT2D eigenvalue weighted by molar-refractivity contribution is 5.96. The van der Waals surface area contributed by atoms with Gasteiger partial charge in [-0.1, -0.05) is 12.1 Å². The summed E-state index contributed by atoms with van der Waals surface area (Å²) in [5.74, 6) is -0.572. The van der Waals surface area contributed by atoms with Gasteiger partial charge in [-0.25, -0.2) is 0 Å². The molecule has 0 unspecified atom stereocenters. The topological polar surface area (TPSA) is 38.3 Å². The Bertz CT molecular complexity index is 377. The van der Waals surface area contributed by atoms with Crippen LogP contribution in [0.4, 0.5) is 13.2 Å². The van der Waals surface area contributed by atoms with Gasteiger partial charge in [-0.05, 0) is 12.1 Å². The van der Waals surface area contributed by atoms with Gasteiger partial charge in [-0.3, -0.25) is 4.79 Å². The lowest BCUT2D eigenvalue weighted by molar-refractivity contribution is -0.123. The number of carbonyl (C=O) groups is 1. The number of halogens is 3. The molecule has 0 fully saturated rings. The first kappa shape index (κ1) is 12.4. The molecule has 16 heavy (non-hydrogen) atoms. The number of alkyl halides is 3. The highest BCUT2D eigenvalue weighted by Gasteiger charge is 2.28. The monoisotopic (exact) mass is 233 g/mol. The average Bonchev–Trinajstić information content (AvgIpc) is 2.25. The molecular weight excluding hydrogens is 223 g/mol. The summed E-state index contributed by atoms with van der Waals surface area (Å²) in [6.45, 7) is -1.36. The van der Waals surface area contributed by atoms with Crippen LogP contribution in [0.5, 0.6) is 5.75 Å². The summed E-state index contributed by atoms with van der Waals surface area (Å²) in [5, 5.41) is 1.77. The van der Waals surface area contributed by atoms with Gasteiger partial charge in [-0.15, -0.1) is 0 Å². The molecule has 0 aliphatic heterocycles. The van der Waals surface area contributed by atoms with E-state index in [1.54, 1.807) is 17.4 Å². The number of nitrogens with one attached hydrogen (secondary N) is 1. The minimum Gasteiger partial charge on any atom is -0.496 e. The Hall–Kier alpha value is -1.72. The predicted octanol–water partition coefficient (Wildman–Crippen LogP) is 1.99. The zero-order valence-corrected chi connectivity index (χ0v) is 8.47. The molecular formula is C10H10F3NO2. The fourth-order valence-electron chi connectivity index (χ4n) is 1.11. The fraction of sp³-hybridized carbons (Fsp3) is 0.300. The van der Waals surface area contributed by atoms with Crippen LogP contribution in [0, 0.1) is 0 Å². The number of hydrogen-bond acceptors (Lipinski definition) is 2. The highest BCUT2D eigenvalue weighted by atomic mass is 19.4. The molecule has 88 valence electrons. The van der Waals surface area contributed by atoms with Gasteiger partial charge < -0.3 is 10.1 Å². The van der Waals surface area contributed by atoms with E-state index >= 15 is 0 Å². The van der Waals surface area contributed by atoms with Crippen LogP contribution in [0.15, 0.2) is 24.3 Å². The standard InChI is InChI=1S/C10H10F3NO2/c1-16-8-5-3-2-4-7(8)9(15)14-6-10(11,12)13/h2-5H,6H2,1H3,(H,14,15). The predicted molar refractivity (Wildman–Crippen MR) is 51.4 cm³/mol. The number of amides is 1. The molecule has 0 radical (unpaired) electrons. The molecule has 0 aromatic heterocycles. The third kappa shape index (κ3) is 3.45. The molecule has 0 spiro atoms. The van der Waals surface area contributed by atoms with E-state index in [0.29, 0.717) is 0 Å². The van der Waals surface area contributed by atoms with Crippen molar-refractivity contribution in [2.45, 2.75) is 6.18 Å². The molecule has 1 amide bonds. The van der Waals surface area contributed by atoms with Gasteiger partial charge >= 0.3 is 6.18 Å². The van der Waals surface area contributed by atoms with Gasteiger partial charge in [0.25, 0.3) is 5.91 Å². The summed E-state index contributed by atoms with van der Waals surface area (Å²) in [6.07, 6.45) is -4.42. The Labute approximate surface area is 90.2 Å². The maximum atomic E-state index is 11.9. The Morgan fingerprint density at radius 1 is 1.38 bits per heavy atom. The Morgan fingerprint density at radius 3 is 2.56 bits per heavy atom. The van der Waals surface area contributed by atoms with Crippen molar-refractivity contribution < 1.29 is 22.7 Å². The van der Waals surface area contributed by atoms with Crippen LogP contribution < -0.4 is 10.1 Å². The lowest BCUT2D eigenvalue weighted by Gasteiger charge is -2.10. The average molecular weight is 233 g/mol. The van der Waals surface area contributed by atoms with Gasteiger partial charge in [0.05, 0.1) is 12.7 Å². The van der Waals surface area contributed by atoms with Crippen molar-refractivity contribution in [1.29, 1.82) is 0 Å². The molecule has 6 heteroatoms. The van der Waals surface area contributed by atoms with Crippen LogP contribution >= 0.6 is 0 Å². The first-order chi connectivity index (χ1) is 7.44. The lowest BCUT2D eigenvalue weighted by atomic mass is 10.2. The van der Waals surface area contributed by atoms with E-state index in [9.17, 15) is 18.0 Å². The number of para-hydroxylation sites is 1. The Balaban J connectivity index is 2.73. The number of ether oxygens (including phenoxy) is 1. The van der Waals surface area contributed by atoms with Crippen molar-refractivity contribution in [3.63, 3.8) is 0 Å². The smallest absolute Gasteiger partial charge is 0.405 e. The third-order valence-electron chi connectivity index (χ3n) is 1.80. The first-order valence-electron chi connectivity index (χ1n) is 4.42. The van der Waals surface area contributed by atoms with E-state index in [1.165, 1.54) is 19.2 Å². The van der Waals surface area contributed by atoms with Gasteiger partial charge in [0.1, 0.15) is 12.3 Å². The summed E-state index contributed by atoms with van der Waals surface area (Å²) in [4.78, 5) is 11.4. The normalized spacial score (nSPS) is 11.0. The first-order valence-corrected chi connectivity index (χ1v) is 4.42.